The maximum atomic E-state index is 11.8. The molecule has 0 atom stereocenters. The zero-order valence-corrected chi connectivity index (χ0v) is 11.2. The van der Waals surface area contributed by atoms with Gasteiger partial charge in [-0.1, -0.05) is 20.8 Å². The van der Waals surface area contributed by atoms with Gasteiger partial charge in [-0.05, 0) is 23.8 Å². The third-order valence-corrected chi connectivity index (χ3v) is 2.90. The third-order valence-electron chi connectivity index (χ3n) is 2.90. The van der Waals surface area contributed by atoms with E-state index in [0.29, 0.717) is 0 Å². The standard InChI is InChI=1S/C15H15N3O/c1-15(2,3)13-12(10-4-6-17-7-5-10)8-11(9-16)14(19)18-13/h4-8H,1-3H3,(H,18,19). The summed E-state index contributed by atoms with van der Waals surface area (Å²) < 4.78 is 0. The number of aromatic nitrogens is 2. The van der Waals surface area contributed by atoms with E-state index in [-0.39, 0.29) is 16.5 Å². The van der Waals surface area contributed by atoms with Gasteiger partial charge >= 0.3 is 0 Å². The summed E-state index contributed by atoms with van der Waals surface area (Å²) in [6.45, 7) is 6.07. The number of aromatic amines is 1. The van der Waals surface area contributed by atoms with Gasteiger partial charge in [-0.3, -0.25) is 9.78 Å². The minimum Gasteiger partial charge on any atom is -0.324 e. The van der Waals surface area contributed by atoms with Crippen LogP contribution in [0, 0.1) is 11.3 Å². The molecule has 4 heteroatoms. The van der Waals surface area contributed by atoms with Crippen LogP contribution in [0.25, 0.3) is 11.1 Å². The summed E-state index contributed by atoms with van der Waals surface area (Å²) in [5, 5.41) is 9.00. The largest absolute Gasteiger partial charge is 0.324 e. The molecule has 2 aromatic rings. The van der Waals surface area contributed by atoms with E-state index in [9.17, 15) is 4.79 Å². The van der Waals surface area contributed by atoms with Crippen LogP contribution in [0.1, 0.15) is 32.0 Å². The van der Waals surface area contributed by atoms with Gasteiger partial charge in [0.25, 0.3) is 5.56 Å². The highest BCUT2D eigenvalue weighted by molar-refractivity contribution is 5.68. The highest BCUT2D eigenvalue weighted by Crippen LogP contribution is 2.30. The highest BCUT2D eigenvalue weighted by Gasteiger charge is 2.21. The van der Waals surface area contributed by atoms with Gasteiger partial charge in [0.2, 0.25) is 0 Å². The Bertz CT molecular complexity index is 688. The molecule has 0 spiro atoms. The van der Waals surface area contributed by atoms with Crippen LogP contribution in [0.5, 0.6) is 0 Å². The molecule has 0 saturated carbocycles. The lowest BCUT2D eigenvalue weighted by Gasteiger charge is -2.22. The summed E-state index contributed by atoms with van der Waals surface area (Å²) >= 11 is 0. The van der Waals surface area contributed by atoms with Gasteiger partial charge in [0.15, 0.2) is 0 Å². The summed E-state index contributed by atoms with van der Waals surface area (Å²) in [6.07, 6.45) is 3.39. The molecule has 2 heterocycles. The molecule has 0 saturated heterocycles. The van der Waals surface area contributed by atoms with E-state index >= 15 is 0 Å². The summed E-state index contributed by atoms with van der Waals surface area (Å²) in [5.74, 6) is 0. The Hall–Kier alpha value is -2.41. The number of H-pyrrole nitrogens is 1. The molecule has 0 amide bonds. The van der Waals surface area contributed by atoms with Crippen LogP contribution in [0.2, 0.25) is 0 Å². The van der Waals surface area contributed by atoms with Crippen LogP contribution < -0.4 is 5.56 Å². The van der Waals surface area contributed by atoms with E-state index in [1.807, 2.05) is 39.0 Å². The van der Waals surface area contributed by atoms with Gasteiger partial charge in [-0.15, -0.1) is 0 Å². The molecule has 0 aromatic carbocycles. The Morgan fingerprint density at radius 2 is 1.89 bits per heavy atom. The fourth-order valence-electron chi connectivity index (χ4n) is 1.96. The second-order valence-corrected chi connectivity index (χ2v) is 5.40. The minimum atomic E-state index is -0.342. The predicted molar refractivity (Wildman–Crippen MR) is 73.7 cm³/mol. The van der Waals surface area contributed by atoms with Gasteiger partial charge in [0, 0.05) is 29.1 Å². The first-order chi connectivity index (χ1) is 8.93. The number of rotatable bonds is 1. The summed E-state index contributed by atoms with van der Waals surface area (Å²) in [7, 11) is 0. The topological polar surface area (TPSA) is 69.5 Å². The second-order valence-electron chi connectivity index (χ2n) is 5.40. The molecule has 4 nitrogen and oxygen atoms in total. The first-order valence-electron chi connectivity index (χ1n) is 6.02. The molecule has 19 heavy (non-hydrogen) atoms. The molecule has 0 radical (unpaired) electrons. The van der Waals surface area contributed by atoms with Crippen molar-refractivity contribution in [3.05, 3.63) is 52.2 Å². The monoisotopic (exact) mass is 253 g/mol. The highest BCUT2D eigenvalue weighted by atomic mass is 16.1. The fourth-order valence-corrected chi connectivity index (χ4v) is 1.96. The van der Waals surface area contributed by atoms with Crippen LogP contribution in [-0.2, 0) is 5.41 Å². The summed E-state index contributed by atoms with van der Waals surface area (Å²) in [4.78, 5) is 18.6. The van der Waals surface area contributed by atoms with E-state index in [4.69, 9.17) is 5.26 Å². The predicted octanol–water partition coefficient (Wildman–Crippen LogP) is 2.61. The number of hydrogen-bond donors (Lipinski definition) is 1. The first kappa shape index (κ1) is 13.0. The van der Waals surface area contributed by atoms with E-state index in [2.05, 4.69) is 9.97 Å². The van der Waals surface area contributed by atoms with Crippen molar-refractivity contribution in [3.63, 3.8) is 0 Å². The van der Waals surface area contributed by atoms with Gasteiger partial charge in [0.05, 0.1) is 0 Å². The molecular weight excluding hydrogens is 238 g/mol. The Kier molecular flexibility index (Phi) is 3.22. The van der Waals surface area contributed by atoms with E-state index < -0.39 is 0 Å². The van der Waals surface area contributed by atoms with Crippen molar-refractivity contribution in [1.82, 2.24) is 9.97 Å². The Morgan fingerprint density at radius 1 is 1.26 bits per heavy atom. The van der Waals surface area contributed by atoms with Crippen LogP contribution in [0.15, 0.2) is 35.4 Å². The molecule has 2 rings (SSSR count). The van der Waals surface area contributed by atoms with Gasteiger partial charge < -0.3 is 4.98 Å². The van der Waals surface area contributed by atoms with Crippen molar-refractivity contribution < 1.29 is 0 Å². The Labute approximate surface area is 111 Å². The molecular formula is C15H15N3O. The van der Waals surface area contributed by atoms with Gasteiger partial charge in [0.1, 0.15) is 11.6 Å². The van der Waals surface area contributed by atoms with Gasteiger partial charge in [-0.2, -0.15) is 5.26 Å². The average molecular weight is 253 g/mol. The molecule has 96 valence electrons. The summed E-state index contributed by atoms with van der Waals surface area (Å²) in [5.41, 5.74) is 2.19. The van der Waals surface area contributed by atoms with Crippen LogP contribution in [0.4, 0.5) is 0 Å². The first-order valence-corrected chi connectivity index (χ1v) is 6.02. The SMILES string of the molecule is CC(C)(C)c1[nH]c(=O)c(C#N)cc1-c1ccncc1. The molecule has 2 aromatic heterocycles. The zero-order chi connectivity index (χ0) is 14.0. The zero-order valence-electron chi connectivity index (χ0n) is 11.2. The Morgan fingerprint density at radius 3 is 2.42 bits per heavy atom. The molecule has 1 N–H and O–H groups in total. The van der Waals surface area contributed by atoms with Crippen molar-refractivity contribution in [2.45, 2.75) is 26.2 Å². The smallest absolute Gasteiger partial charge is 0.266 e. The van der Waals surface area contributed by atoms with Crippen molar-refractivity contribution in [3.8, 4) is 17.2 Å². The minimum absolute atomic E-state index is 0.125. The van der Waals surface area contributed by atoms with Crippen LogP contribution >= 0.6 is 0 Å². The summed E-state index contributed by atoms with van der Waals surface area (Å²) in [6, 6.07) is 7.30. The lowest BCUT2D eigenvalue weighted by molar-refractivity contribution is 0.568. The maximum Gasteiger partial charge on any atom is 0.266 e. The normalized spacial score (nSPS) is 11.1. The number of hydrogen-bond acceptors (Lipinski definition) is 3. The number of nitriles is 1. The van der Waals surface area contributed by atoms with Crippen molar-refractivity contribution in [2.24, 2.45) is 0 Å². The number of nitrogens with zero attached hydrogens (tertiary/aromatic N) is 2. The number of nitrogens with one attached hydrogen (secondary N) is 1. The van der Waals surface area contributed by atoms with Crippen molar-refractivity contribution >= 4 is 0 Å². The van der Waals surface area contributed by atoms with E-state index in [0.717, 1.165) is 16.8 Å². The maximum absolute atomic E-state index is 11.8. The third kappa shape index (κ3) is 2.55. The Balaban J connectivity index is 2.78. The van der Waals surface area contributed by atoms with E-state index in [1.54, 1.807) is 18.5 Å². The van der Waals surface area contributed by atoms with E-state index in [1.165, 1.54) is 0 Å². The molecule has 0 unspecified atom stereocenters. The van der Waals surface area contributed by atoms with Gasteiger partial charge in [-0.25, -0.2) is 0 Å². The lowest BCUT2D eigenvalue weighted by Crippen LogP contribution is -2.22. The van der Waals surface area contributed by atoms with Crippen molar-refractivity contribution in [1.29, 1.82) is 5.26 Å². The lowest BCUT2D eigenvalue weighted by atomic mass is 9.86. The molecule has 0 bridgehead atoms. The van der Waals surface area contributed by atoms with Crippen LogP contribution in [-0.4, -0.2) is 9.97 Å². The average Bonchev–Trinajstić information content (AvgIpc) is 2.38. The second kappa shape index (κ2) is 4.69. The van der Waals surface area contributed by atoms with Crippen molar-refractivity contribution in [2.75, 3.05) is 0 Å². The molecule has 0 fully saturated rings. The van der Waals surface area contributed by atoms with Crippen LogP contribution in [0.3, 0.4) is 0 Å². The molecule has 0 aliphatic heterocycles. The number of pyridine rings is 2. The molecule has 0 aliphatic rings. The fraction of sp³-hybridized carbons (Fsp3) is 0.267. The molecule has 0 aliphatic carbocycles. The quantitative estimate of drug-likeness (QED) is 0.849.